The van der Waals surface area contributed by atoms with E-state index in [0.29, 0.717) is 29.7 Å². The highest BCUT2D eigenvalue weighted by molar-refractivity contribution is 5.91. The molecule has 0 spiro atoms. The molecule has 0 aromatic heterocycles. The fraction of sp³-hybridized carbons (Fsp3) is 0.350. The van der Waals surface area contributed by atoms with E-state index in [4.69, 9.17) is 14.2 Å². The van der Waals surface area contributed by atoms with Gasteiger partial charge >= 0.3 is 0 Å². The van der Waals surface area contributed by atoms with Gasteiger partial charge in [0.15, 0.2) is 18.1 Å². The summed E-state index contributed by atoms with van der Waals surface area (Å²) in [6, 6.07) is 12.8. The van der Waals surface area contributed by atoms with Gasteiger partial charge in [0.05, 0.1) is 13.7 Å². The summed E-state index contributed by atoms with van der Waals surface area (Å²) in [4.78, 5) is 12.0. The predicted octanol–water partition coefficient (Wildman–Crippen LogP) is 4.06. The number of nitrogens with one attached hydrogen (secondary N) is 1. The monoisotopic (exact) mass is 343 g/mol. The molecule has 0 atom stereocenters. The van der Waals surface area contributed by atoms with Crippen molar-refractivity contribution in [3.8, 4) is 17.2 Å². The summed E-state index contributed by atoms with van der Waals surface area (Å²) in [6.07, 6.45) is 0. The highest BCUT2D eigenvalue weighted by Gasteiger charge is 2.08. The second-order valence-corrected chi connectivity index (χ2v) is 6.22. The van der Waals surface area contributed by atoms with Gasteiger partial charge in [-0.2, -0.15) is 0 Å². The fourth-order valence-electron chi connectivity index (χ4n) is 2.13. The first kappa shape index (κ1) is 18.6. The summed E-state index contributed by atoms with van der Waals surface area (Å²) < 4.78 is 16.4. The second kappa shape index (κ2) is 8.97. The number of methoxy groups -OCH3 is 1. The Kier molecular flexibility index (Phi) is 6.69. The van der Waals surface area contributed by atoms with Crippen LogP contribution in [0.2, 0.25) is 0 Å². The average Bonchev–Trinajstić information content (AvgIpc) is 2.60. The molecule has 0 aliphatic heterocycles. The van der Waals surface area contributed by atoms with E-state index >= 15 is 0 Å². The van der Waals surface area contributed by atoms with Crippen LogP contribution in [0.4, 0.5) is 5.69 Å². The van der Waals surface area contributed by atoms with E-state index in [2.05, 4.69) is 19.2 Å². The minimum atomic E-state index is -0.238. The molecule has 25 heavy (non-hydrogen) atoms. The molecule has 134 valence electrons. The fourth-order valence-corrected chi connectivity index (χ4v) is 2.13. The van der Waals surface area contributed by atoms with Crippen LogP contribution in [0.1, 0.15) is 19.4 Å². The maximum absolute atomic E-state index is 12.0. The molecule has 2 rings (SSSR count). The third-order valence-electron chi connectivity index (χ3n) is 3.40. The van der Waals surface area contributed by atoms with Crippen molar-refractivity contribution in [2.24, 2.45) is 5.92 Å². The van der Waals surface area contributed by atoms with Gasteiger partial charge in [-0.25, -0.2) is 0 Å². The Morgan fingerprint density at radius 3 is 2.40 bits per heavy atom. The van der Waals surface area contributed by atoms with Crippen molar-refractivity contribution in [1.82, 2.24) is 0 Å². The molecular formula is C20H25NO4. The Balaban J connectivity index is 1.86. The molecular weight excluding hydrogens is 318 g/mol. The van der Waals surface area contributed by atoms with Gasteiger partial charge in [0.1, 0.15) is 5.75 Å². The van der Waals surface area contributed by atoms with Crippen molar-refractivity contribution in [2.75, 3.05) is 25.6 Å². The minimum Gasteiger partial charge on any atom is -0.493 e. The van der Waals surface area contributed by atoms with Crippen LogP contribution in [0.25, 0.3) is 0 Å². The average molecular weight is 343 g/mol. The van der Waals surface area contributed by atoms with Crippen LogP contribution in [0.15, 0.2) is 42.5 Å². The molecule has 2 aromatic carbocycles. The first-order valence-corrected chi connectivity index (χ1v) is 8.28. The van der Waals surface area contributed by atoms with Gasteiger partial charge in [0.25, 0.3) is 5.91 Å². The third-order valence-corrected chi connectivity index (χ3v) is 3.40. The molecule has 0 saturated heterocycles. The molecule has 0 saturated carbocycles. The lowest BCUT2D eigenvalue weighted by Gasteiger charge is -2.12. The van der Waals surface area contributed by atoms with E-state index in [1.807, 2.05) is 31.2 Å². The molecule has 0 fully saturated rings. The summed E-state index contributed by atoms with van der Waals surface area (Å²) in [7, 11) is 1.57. The lowest BCUT2D eigenvalue weighted by atomic mass is 10.2. The summed E-state index contributed by atoms with van der Waals surface area (Å²) in [5, 5.41) is 2.79. The number of hydrogen-bond donors (Lipinski definition) is 1. The highest BCUT2D eigenvalue weighted by Crippen LogP contribution is 2.27. The Labute approximate surface area is 148 Å². The molecule has 1 N–H and O–H groups in total. The highest BCUT2D eigenvalue weighted by atomic mass is 16.5. The molecule has 5 nitrogen and oxygen atoms in total. The van der Waals surface area contributed by atoms with E-state index in [1.165, 1.54) is 0 Å². The molecule has 2 aromatic rings. The van der Waals surface area contributed by atoms with E-state index in [1.54, 1.807) is 25.3 Å². The van der Waals surface area contributed by atoms with Crippen molar-refractivity contribution in [3.05, 3.63) is 48.0 Å². The van der Waals surface area contributed by atoms with E-state index in [0.717, 1.165) is 11.3 Å². The van der Waals surface area contributed by atoms with Gasteiger partial charge in [0, 0.05) is 5.69 Å². The second-order valence-electron chi connectivity index (χ2n) is 6.22. The molecule has 0 aliphatic carbocycles. The molecule has 0 radical (unpaired) electrons. The molecule has 0 heterocycles. The number of amides is 1. The zero-order chi connectivity index (χ0) is 18.2. The third kappa shape index (κ3) is 6.03. The minimum absolute atomic E-state index is 0.0922. The van der Waals surface area contributed by atoms with Crippen LogP contribution in [0, 0.1) is 12.8 Å². The largest absolute Gasteiger partial charge is 0.493 e. The molecule has 0 unspecified atom stereocenters. The van der Waals surface area contributed by atoms with Gasteiger partial charge in [-0.05, 0) is 54.8 Å². The Morgan fingerprint density at radius 1 is 1.04 bits per heavy atom. The van der Waals surface area contributed by atoms with Crippen LogP contribution in [-0.2, 0) is 4.79 Å². The van der Waals surface area contributed by atoms with Gasteiger partial charge < -0.3 is 19.5 Å². The lowest BCUT2D eigenvalue weighted by molar-refractivity contribution is -0.118. The normalized spacial score (nSPS) is 10.4. The van der Waals surface area contributed by atoms with Crippen molar-refractivity contribution in [2.45, 2.75) is 20.8 Å². The summed E-state index contributed by atoms with van der Waals surface area (Å²) in [5.74, 6) is 2.17. The zero-order valence-electron chi connectivity index (χ0n) is 15.2. The summed E-state index contributed by atoms with van der Waals surface area (Å²) in [6.45, 7) is 6.73. The number of carbonyl (C=O) groups is 1. The Bertz CT molecular complexity index is 695. The van der Waals surface area contributed by atoms with E-state index in [-0.39, 0.29) is 12.5 Å². The number of rotatable bonds is 8. The topological polar surface area (TPSA) is 56.8 Å². The van der Waals surface area contributed by atoms with Crippen molar-refractivity contribution in [1.29, 1.82) is 0 Å². The zero-order valence-corrected chi connectivity index (χ0v) is 15.2. The van der Waals surface area contributed by atoms with Crippen LogP contribution < -0.4 is 19.5 Å². The number of ether oxygens (including phenoxy) is 3. The molecule has 0 aliphatic rings. The number of anilines is 1. The van der Waals surface area contributed by atoms with Crippen molar-refractivity contribution in [3.63, 3.8) is 0 Å². The van der Waals surface area contributed by atoms with Crippen LogP contribution in [0.3, 0.4) is 0 Å². The molecule has 5 heteroatoms. The Hall–Kier alpha value is -2.69. The van der Waals surface area contributed by atoms with E-state index < -0.39 is 0 Å². The number of carbonyl (C=O) groups excluding carboxylic acids is 1. The van der Waals surface area contributed by atoms with Crippen molar-refractivity contribution < 1.29 is 19.0 Å². The van der Waals surface area contributed by atoms with Gasteiger partial charge in [0.2, 0.25) is 0 Å². The number of benzene rings is 2. The van der Waals surface area contributed by atoms with E-state index in [9.17, 15) is 4.79 Å². The first-order chi connectivity index (χ1) is 12.0. The lowest BCUT2D eigenvalue weighted by Crippen LogP contribution is -2.20. The van der Waals surface area contributed by atoms with Crippen LogP contribution >= 0.6 is 0 Å². The Morgan fingerprint density at radius 2 is 1.76 bits per heavy atom. The van der Waals surface area contributed by atoms with Gasteiger partial charge in [-0.3, -0.25) is 4.79 Å². The summed E-state index contributed by atoms with van der Waals surface area (Å²) in [5.41, 5.74) is 1.76. The smallest absolute Gasteiger partial charge is 0.262 e. The summed E-state index contributed by atoms with van der Waals surface area (Å²) >= 11 is 0. The first-order valence-electron chi connectivity index (χ1n) is 8.28. The van der Waals surface area contributed by atoms with Gasteiger partial charge in [-0.1, -0.05) is 19.9 Å². The number of hydrogen-bond acceptors (Lipinski definition) is 4. The van der Waals surface area contributed by atoms with Crippen LogP contribution in [-0.4, -0.2) is 26.2 Å². The molecule has 0 bridgehead atoms. The van der Waals surface area contributed by atoms with Crippen LogP contribution in [0.5, 0.6) is 17.2 Å². The predicted molar refractivity (Wildman–Crippen MR) is 98.6 cm³/mol. The SMILES string of the molecule is COc1cc(C)ccc1OCC(=O)Nc1ccc(OCC(C)C)cc1. The quantitative estimate of drug-likeness (QED) is 0.785. The number of aryl methyl sites for hydroxylation is 1. The standard InChI is InChI=1S/C20H25NO4/c1-14(2)12-24-17-8-6-16(7-9-17)21-20(22)13-25-18-10-5-15(3)11-19(18)23-4/h5-11,14H,12-13H2,1-4H3,(H,21,22). The van der Waals surface area contributed by atoms with Crippen molar-refractivity contribution >= 4 is 11.6 Å². The van der Waals surface area contributed by atoms with Gasteiger partial charge in [-0.15, -0.1) is 0 Å². The maximum atomic E-state index is 12.0. The maximum Gasteiger partial charge on any atom is 0.262 e. The molecule has 1 amide bonds.